The largest absolute Gasteiger partial charge is 0.488 e. The molecule has 1 N–H and O–H groups in total. The van der Waals surface area contributed by atoms with Gasteiger partial charge in [-0.3, -0.25) is 4.90 Å². The summed E-state index contributed by atoms with van der Waals surface area (Å²) in [5, 5.41) is 3.61. The number of nitrogens with zero attached hydrogens (tertiary/aromatic N) is 1. The Morgan fingerprint density at radius 1 is 1.35 bits per heavy atom. The van der Waals surface area contributed by atoms with Crippen molar-refractivity contribution in [1.82, 2.24) is 10.2 Å². The molecule has 2 heterocycles. The normalized spacial score (nSPS) is 30.0. The van der Waals surface area contributed by atoms with Crippen LogP contribution in [0.15, 0.2) is 24.3 Å². The van der Waals surface area contributed by atoms with E-state index in [1.54, 1.807) is 0 Å². The minimum Gasteiger partial charge on any atom is -0.488 e. The van der Waals surface area contributed by atoms with Gasteiger partial charge in [-0.05, 0) is 25.0 Å². The van der Waals surface area contributed by atoms with Crippen molar-refractivity contribution < 1.29 is 4.74 Å². The van der Waals surface area contributed by atoms with Crippen molar-refractivity contribution in [2.24, 2.45) is 0 Å². The van der Waals surface area contributed by atoms with Crippen molar-refractivity contribution in [3.63, 3.8) is 0 Å². The summed E-state index contributed by atoms with van der Waals surface area (Å²) in [5.41, 5.74) is 1.37. The minimum atomic E-state index is 0.331. The number of hydrogen-bond acceptors (Lipinski definition) is 3. The molecule has 3 nitrogen and oxygen atoms in total. The maximum atomic E-state index is 6.11. The third kappa shape index (κ3) is 2.99. The molecule has 0 aromatic heterocycles. The molecule has 1 aromatic carbocycles. The maximum absolute atomic E-state index is 6.11. The fourth-order valence-electron chi connectivity index (χ4n) is 3.49. The third-order valence-corrected chi connectivity index (χ3v) is 4.50. The van der Waals surface area contributed by atoms with Crippen LogP contribution < -0.4 is 10.1 Å². The van der Waals surface area contributed by atoms with Crippen molar-refractivity contribution in [3.05, 3.63) is 29.8 Å². The molecule has 0 bridgehead atoms. The first-order valence-electron chi connectivity index (χ1n) is 7.98. The predicted molar refractivity (Wildman–Crippen MR) is 82.3 cm³/mol. The van der Waals surface area contributed by atoms with E-state index in [-0.39, 0.29) is 0 Å². The van der Waals surface area contributed by atoms with Gasteiger partial charge in [0.15, 0.2) is 0 Å². The van der Waals surface area contributed by atoms with Crippen molar-refractivity contribution in [3.8, 4) is 5.75 Å². The van der Waals surface area contributed by atoms with E-state index in [1.807, 2.05) is 0 Å². The number of fused-ring (bicyclic) bond motifs is 1. The zero-order chi connectivity index (χ0) is 13.9. The van der Waals surface area contributed by atoms with E-state index in [4.69, 9.17) is 4.74 Å². The molecule has 3 heteroatoms. The Hall–Kier alpha value is -1.06. The maximum Gasteiger partial charge on any atom is 0.123 e. The summed E-state index contributed by atoms with van der Waals surface area (Å²) in [6, 6.07) is 9.72. The summed E-state index contributed by atoms with van der Waals surface area (Å²) >= 11 is 0. The molecule has 0 saturated carbocycles. The Kier molecular flexibility index (Phi) is 4.27. The van der Waals surface area contributed by atoms with E-state index in [1.165, 1.54) is 18.4 Å². The molecule has 3 rings (SSSR count). The van der Waals surface area contributed by atoms with Crippen molar-refractivity contribution in [2.45, 2.75) is 51.3 Å². The molecule has 1 fully saturated rings. The van der Waals surface area contributed by atoms with Gasteiger partial charge in [-0.1, -0.05) is 31.5 Å². The summed E-state index contributed by atoms with van der Waals surface area (Å²) in [4.78, 5) is 2.64. The van der Waals surface area contributed by atoms with Crippen LogP contribution in [0.5, 0.6) is 5.75 Å². The molecule has 1 saturated heterocycles. The lowest BCUT2D eigenvalue weighted by Gasteiger charge is -2.40. The van der Waals surface area contributed by atoms with Crippen LogP contribution in [0.4, 0.5) is 0 Å². The van der Waals surface area contributed by atoms with Crippen LogP contribution in [-0.4, -0.2) is 42.7 Å². The van der Waals surface area contributed by atoms with E-state index in [9.17, 15) is 0 Å². The highest BCUT2D eigenvalue weighted by Crippen LogP contribution is 2.29. The van der Waals surface area contributed by atoms with Crippen molar-refractivity contribution in [2.75, 3.05) is 19.6 Å². The highest BCUT2D eigenvalue weighted by Gasteiger charge is 2.30. The lowest BCUT2D eigenvalue weighted by Crippen LogP contribution is -2.57. The smallest absolute Gasteiger partial charge is 0.123 e. The average molecular weight is 274 g/mol. The molecule has 2 aliphatic rings. The van der Waals surface area contributed by atoms with Gasteiger partial charge in [0.25, 0.3) is 0 Å². The second-order valence-electron chi connectivity index (χ2n) is 6.26. The molecule has 2 aliphatic heterocycles. The molecule has 0 amide bonds. The standard InChI is InChI=1S/C17H26N2O/c1-3-6-15-10-18-13(2)11-19(15)12-16-9-14-7-4-5-8-17(14)20-16/h4-5,7-8,13,15-16,18H,3,6,9-12H2,1-2H3. The molecule has 20 heavy (non-hydrogen) atoms. The van der Waals surface area contributed by atoms with Crippen LogP contribution in [0.2, 0.25) is 0 Å². The Labute approximate surface area is 122 Å². The zero-order valence-corrected chi connectivity index (χ0v) is 12.6. The SMILES string of the molecule is CCCC1CNC(C)CN1CC1Cc2ccccc2O1. The van der Waals surface area contributed by atoms with Gasteiger partial charge in [0.1, 0.15) is 11.9 Å². The molecule has 3 unspecified atom stereocenters. The monoisotopic (exact) mass is 274 g/mol. The number of rotatable bonds is 4. The molecule has 0 radical (unpaired) electrons. The molecule has 1 aromatic rings. The van der Waals surface area contributed by atoms with Gasteiger partial charge >= 0.3 is 0 Å². The summed E-state index contributed by atoms with van der Waals surface area (Å²) in [5.74, 6) is 1.09. The molecular weight excluding hydrogens is 248 g/mol. The van der Waals surface area contributed by atoms with Gasteiger partial charge in [-0.25, -0.2) is 0 Å². The fourth-order valence-corrected chi connectivity index (χ4v) is 3.49. The van der Waals surface area contributed by atoms with Crippen LogP contribution in [0.1, 0.15) is 32.3 Å². The third-order valence-electron chi connectivity index (χ3n) is 4.50. The van der Waals surface area contributed by atoms with E-state index in [0.717, 1.165) is 31.8 Å². The molecule has 110 valence electrons. The van der Waals surface area contributed by atoms with Crippen LogP contribution in [0.3, 0.4) is 0 Å². The lowest BCUT2D eigenvalue weighted by molar-refractivity contribution is 0.0789. The molecule has 3 atom stereocenters. The van der Waals surface area contributed by atoms with Crippen LogP contribution in [-0.2, 0) is 6.42 Å². The first-order valence-corrected chi connectivity index (χ1v) is 7.98. The van der Waals surface area contributed by atoms with Crippen LogP contribution in [0, 0.1) is 0 Å². The number of hydrogen-bond donors (Lipinski definition) is 1. The number of piperazine rings is 1. The minimum absolute atomic E-state index is 0.331. The van der Waals surface area contributed by atoms with E-state index in [0.29, 0.717) is 18.2 Å². The van der Waals surface area contributed by atoms with Gasteiger partial charge in [0.2, 0.25) is 0 Å². The average Bonchev–Trinajstić information content (AvgIpc) is 2.84. The summed E-state index contributed by atoms with van der Waals surface area (Å²) in [6.07, 6.45) is 3.92. The van der Waals surface area contributed by atoms with Crippen molar-refractivity contribution >= 4 is 0 Å². The second kappa shape index (κ2) is 6.15. The van der Waals surface area contributed by atoms with E-state index < -0.39 is 0 Å². The molecule has 0 spiro atoms. The molecular formula is C17H26N2O. The summed E-state index contributed by atoms with van der Waals surface area (Å²) < 4.78 is 6.11. The van der Waals surface area contributed by atoms with Crippen molar-refractivity contribution in [1.29, 1.82) is 0 Å². The number of benzene rings is 1. The predicted octanol–water partition coefficient (Wildman–Crippen LogP) is 2.45. The second-order valence-corrected chi connectivity index (χ2v) is 6.26. The molecule has 0 aliphatic carbocycles. The zero-order valence-electron chi connectivity index (χ0n) is 12.6. The van der Waals surface area contributed by atoms with Gasteiger partial charge in [-0.15, -0.1) is 0 Å². The van der Waals surface area contributed by atoms with Gasteiger partial charge in [-0.2, -0.15) is 0 Å². The van der Waals surface area contributed by atoms with E-state index >= 15 is 0 Å². The Morgan fingerprint density at radius 3 is 3.00 bits per heavy atom. The Balaban J connectivity index is 1.62. The van der Waals surface area contributed by atoms with Gasteiger partial charge in [0, 0.05) is 38.1 Å². The highest BCUT2D eigenvalue weighted by molar-refractivity contribution is 5.37. The van der Waals surface area contributed by atoms with Gasteiger partial charge < -0.3 is 10.1 Å². The van der Waals surface area contributed by atoms with E-state index in [2.05, 4.69) is 48.3 Å². The highest BCUT2D eigenvalue weighted by atomic mass is 16.5. The fraction of sp³-hybridized carbons (Fsp3) is 0.647. The van der Waals surface area contributed by atoms with Crippen LogP contribution in [0.25, 0.3) is 0 Å². The number of ether oxygens (including phenoxy) is 1. The number of para-hydroxylation sites is 1. The Bertz CT molecular complexity index is 423. The Morgan fingerprint density at radius 2 is 2.20 bits per heavy atom. The quantitative estimate of drug-likeness (QED) is 0.913. The first-order chi connectivity index (χ1) is 9.76. The summed E-state index contributed by atoms with van der Waals surface area (Å²) in [6.45, 7) is 7.87. The number of nitrogens with one attached hydrogen (secondary N) is 1. The topological polar surface area (TPSA) is 24.5 Å². The first kappa shape index (κ1) is 13.9. The van der Waals surface area contributed by atoms with Crippen LogP contribution >= 0.6 is 0 Å². The lowest BCUT2D eigenvalue weighted by atomic mass is 10.0. The van der Waals surface area contributed by atoms with Gasteiger partial charge in [0.05, 0.1) is 0 Å². The summed E-state index contributed by atoms with van der Waals surface area (Å²) in [7, 11) is 0.